The Morgan fingerprint density at radius 1 is 1.64 bits per heavy atom. The van der Waals surface area contributed by atoms with E-state index in [4.69, 9.17) is 0 Å². The molecule has 5 heteroatoms. The Morgan fingerprint density at radius 3 is 2.55 bits per heavy atom. The number of hydrogen-bond donors (Lipinski definition) is 0. The van der Waals surface area contributed by atoms with E-state index in [-0.39, 0.29) is 6.10 Å². The fraction of sp³-hybridized carbons (Fsp3) is 1.00. The van der Waals surface area contributed by atoms with Gasteiger partial charge in [-0.1, -0.05) is 0 Å². The van der Waals surface area contributed by atoms with E-state index < -0.39 is 11.4 Å². The molecular formula is C6H14NO3S-. The van der Waals surface area contributed by atoms with Crippen LogP contribution in [0.25, 0.3) is 0 Å². The molecular weight excluding hydrogens is 166 g/mol. The minimum Gasteiger partial charge on any atom is -0.750 e. The normalized spacial score (nSPS) is 16.8. The van der Waals surface area contributed by atoms with E-state index in [0.717, 1.165) is 13.0 Å². The van der Waals surface area contributed by atoms with Crippen LogP contribution in [0.3, 0.4) is 0 Å². The molecule has 0 aliphatic carbocycles. The van der Waals surface area contributed by atoms with Crippen molar-refractivity contribution in [3.63, 3.8) is 0 Å². The molecule has 0 aromatic heterocycles. The second-order valence-electron chi connectivity index (χ2n) is 2.70. The van der Waals surface area contributed by atoms with E-state index in [1.807, 2.05) is 19.0 Å². The zero-order chi connectivity index (χ0) is 8.85. The molecule has 0 N–H and O–H groups in total. The summed E-state index contributed by atoms with van der Waals surface area (Å²) in [5.41, 5.74) is 0. The Morgan fingerprint density at radius 2 is 2.18 bits per heavy atom. The predicted molar refractivity (Wildman–Crippen MR) is 42.6 cm³/mol. The highest BCUT2D eigenvalue weighted by atomic mass is 32.2. The minimum absolute atomic E-state index is 0.226. The summed E-state index contributed by atoms with van der Waals surface area (Å²) in [7, 11) is 3.86. The highest BCUT2D eigenvalue weighted by Crippen LogP contribution is 1.98. The van der Waals surface area contributed by atoms with Crippen LogP contribution in [0.1, 0.15) is 13.3 Å². The monoisotopic (exact) mass is 180 g/mol. The zero-order valence-electron chi connectivity index (χ0n) is 7.07. The molecule has 4 nitrogen and oxygen atoms in total. The predicted octanol–water partition coefficient (Wildman–Crippen LogP) is 0.137. The summed E-state index contributed by atoms with van der Waals surface area (Å²) in [4.78, 5) is 1.98. The molecule has 0 amide bonds. The van der Waals surface area contributed by atoms with Crippen LogP contribution in [0.2, 0.25) is 0 Å². The van der Waals surface area contributed by atoms with Gasteiger partial charge in [0.2, 0.25) is 0 Å². The smallest absolute Gasteiger partial charge is 0.0844 e. The second-order valence-corrected chi connectivity index (χ2v) is 3.30. The van der Waals surface area contributed by atoms with Gasteiger partial charge in [-0.15, -0.1) is 0 Å². The van der Waals surface area contributed by atoms with Gasteiger partial charge < -0.3 is 9.45 Å². The SMILES string of the molecule is CC(CCN(C)C)OS(=O)[O-]. The van der Waals surface area contributed by atoms with Crippen molar-refractivity contribution < 1.29 is 12.9 Å². The van der Waals surface area contributed by atoms with Crippen molar-refractivity contribution in [2.24, 2.45) is 0 Å². The quantitative estimate of drug-likeness (QED) is 0.565. The molecule has 68 valence electrons. The van der Waals surface area contributed by atoms with Crippen LogP contribution >= 0.6 is 0 Å². The first-order chi connectivity index (χ1) is 5.02. The average molecular weight is 180 g/mol. The molecule has 0 rings (SSSR count). The van der Waals surface area contributed by atoms with E-state index in [0.29, 0.717) is 0 Å². The lowest BCUT2D eigenvalue weighted by atomic mass is 10.3. The van der Waals surface area contributed by atoms with Crippen molar-refractivity contribution >= 4 is 11.4 Å². The van der Waals surface area contributed by atoms with Crippen molar-refractivity contribution in [3.05, 3.63) is 0 Å². The fourth-order valence-electron chi connectivity index (χ4n) is 0.622. The summed E-state index contributed by atoms with van der Waals surface area (Å²) in [6, 6.07) is 0. The van der Waals surface area contributed by atoms with Crippen LogP contribution in [-0.4, -0.2) is 40.4 Å². The van der Waals surface area contributed by atoms with Gasteiger partial charge in [-0.05, 0) is 27.4 Å². The van der Waals surface area contributed by atoms with Crippen molar-refractivity contribution in [1.82, 2.24) is 4.90 Å². The van der Waals surface area contributed by atoms with Gasteiger partial charge in [-0.3, -0.25) is 4.18 Å². The number of nitrogens with zero attached hydrogens (tertiary/aromatic N) is 1. The van der Waals surface area contributed by atoms with Crippen molar-refractivity contribution in [1.29, 1.82) is 0 Å². The molecule has 11 heavy (non-hydrogen) atoms. The molecule has 2 unspecified atom stereocenters. The number of hydrogen-bond acceptors (Lipinski definition) is 4. The summed E-state index contributed by atoms with van der Waals surface area (Å²) >= 11 is -2.38. The van der Waals surface area contributed by atoms with Crippen LogP contribution < -0.4 is 0 Å². The van der Waals surface area contributed by atoms with Crippen LogP contribution in [0.5, 0.6) is 0 Å². The maximum atomic E-state index is 10.0. The summed E-state index contributed by atoms with van der Waals surface area (Å²) in [6.07, 6.45) is 0.497. The van der Waals surface area contributed by atoms with Gasteiger partial charge in [0.1, 0.15) is 0 Å². The lowest BCUT2D eigenvalue weighted by molar-refractivity contribution is 0.194. The highest BCUT2D eigenvalue weighted by molar-refractivity contribution is 7.74. The van der Waals surface area contributed by atoms with Gasteiger partial charge in [-0.25, -0.2) is 4.21 Å². The van der Waals surface area contributed by atoms with Gasteiger partial charge in [0.05, 0.1) is 17.5 Å². The average Bonchev–Trinajstić information content (AvgIpc) is 1.82. The first kappa shape index (κ1) is 11.0. The first-order valence-electron chi connectivity index (χ1n) is 3.43. The summed E-state index contributed by atoms with van der Waals surface area (Å²) in [6.45, 7) is 2.57. The summed E-state index contributed by atoms with van der Waals surface area (Å²) in [5.74, 6) is 0. The maximum Gasteiger partial charge on any atom is 0.0844 e. The Hall–Kier alpha value is 0.0300. The van der Waals surface area contributed by atoms with Gasteiger partial charge in [-0.2, -0.15) is 0 Å². The number of rotatable bonds is 5. The van der Waals surface area contributed by atoms with Gasteiger partial charge in [0.15, 0.2) is 0 Å². The zero-order valence-corrected chi connectivity index (χ0v) is 7.89. The van der Waals surface area contributed by atoms with Crippen LogP contribution in [0.4, 0.5) is 0 Å². The van der Waals surface area contributed by atoms with E-state index in [1.165, 1.54) is 0 Å². The van der Waals surface area contributed by atoms with E-state index in [9.17, 15) is 8.76 Å². The Kier molecular flexibility index (Phi) is 5.67. The largest absolute Gasteiger partial charge is 0.750 e. The van der Waals surface area contributed by atoms with E-state index >= 15 is 0 Å². The molecule has 0 radical (unpaired) electrons. The Balaban J connectivity index is 3.37. The second kappa shape index (κ2) is 5.65. The molecule has 0 bridgehead atoms. The topological polar surface area (TPSA) is 52.6 Å². The Bertz CT molecular complexity index is 129. The van der Waals surface area contributed by atoms with Crippen molar-refractivity contribution in [2.45, 2.75) is 19.4 Å². The Labute approximate surface area is 70.0 Å². The van der Waals surface area contributed by atoms with Crippen LogP contribution in [-0.2, 0) is 15.5 Å². The van der Waals surface area contributed by atoms with Gasteiger partial charge >= 0.3 is 0 Å². The molecule has 2 atom stereocenters. The maximum absolute atomic E-state index is 10.0. The molecule has 0 saturated heterocycles. The van der Waals surface area contributed by atoms with Crippen molar-refractivity contribution in [3.8, 4) is 0 Å². The molecule has 0 aliphatic heterocycles. The molecule has 0 spiro atoms. The fourth-order valence-corrected chi connectivity index (χ4v) is 0.987. The van der Waals surface area contributed by atoms with Gasteiger partial charge in [0.25, 0.3) is 0 Å². The molecule has 0 aromatic carbocycles. The van der Waals surface area contributed by atoms with Crippen LogP contribution in [0.15, 0.2) is 0 Å². The van der Waals surface area contributed by atoms with Crippen LogP contribution in [0, 0.1) is 0 Å². The molecule has 0 saturated carbocycles. The lowest BCUT2D eigenvalue weighted by Gasteiger charge is -2.16. The molecule has 0 fully saturated rings. The highest BCUT2D eigenvalue weighted by Gasteiger charge is 2.02. The molecule has 0 heterocycles. The third kappa shape index (κ3) is 7.93. The lowest BCUT2D eigenvalue weighted by Crippen LogP contribution is -2.20. The third-order valence-corrected chi connectivity index (χ3v) is 1.71. The van der Waals surface area contributed by atoms with Gasteiger partial charge in [0, 0.05) is 6.54 Å². The standard InChI is InChI=1S/C6H15NO3S/c1-6(10-11(8)9)4-5-7(2)3/h6H,4-5H2,1-3H3,(H,8,9)/p-1. The van der Waals surface area contributed by atoms with E-state index in [1.54, 1.807) is 6.92 Å². The molecule has 0 aliphatic rings. The minimum atomic E-state index is -2.38. The van der Waals surface area contributed by atoms with Crippen molar-refractivity contribution in [2.75, 3.05) is 20.6 Å². The van der Waals surface area contributed by atoms with E-state index in [2.05, 4.69) is 4.18 Å². The first-order valence-corrected chi connectivity index (χ1v) is 4.43. The third-order valence-electron chi connectivity index (χ3n) is 1.23. The summed E-state index contributed by atoms with van der Waals surface area (Å²) in [5, 5.41) is 0. The molecule has 0 aromatic rings. The summed E-state index contributed by atoms with van der Waals surface area (Å²) < 4.78 is 24.5.